The second-order valence-corrected chi connectivity index (χ2v) is 6.07. The fourth-order valence-electron chi connectivity index (χ4n) is 2.79. The van der Waals surface area contributed by atoms with Crippen molar-refractivity contribution in [1.29, 1.82) is 0 Å². The lowest BCUT2D eigenvalue weighted by Gasteiger charge is -2.21. The van der Waals surface area contributed by atoms with E-state index >= 15 is 0 Å². The highest BCUT2D eigenvalue weighted by atomic mass is 16.5. The molecule has 146 valence electrons. The minimum Gasteiger partial charge on any atom is -0.497 e. The Morgan fingerprint density at radius 2 is 1.61 bits per heavy atom. The first-order chi connectivity index (χ1) is 13.5. The molecule has 3 rings (SSSR count). The number of nitrogens with one attached hydrogen (secondary N) is 2. The van der Waals surface area contributed by atoms with Crippen LogP contribution < -0.4 is 24.8 Å². The molecule has 8 nitrogen and oxygen atoms in total. The zero-order chi connectivity index (χ0) is 20.1. The number of carbonyl (C=O) groups excluding carboxylic acids is 2. The Hall–Kier alpha value is -3.55. The number of hydrogen-bond donors (Lipinski definition) is 2. The molecule has 0 spiro atoms. The minimum atomic E-state index is -0.438. The Balaban J connectivity index is 1.81. The fourth-order valence-corrected chi connectivity index (χ4v) is 2.79. The molecule has 0 radical (unpaired) electrons. The summed E-state index contributed by atoms with van der Waals surface area (Å²) in [7, 11) is 4.59. The maximum atomic E-state index is 12.6. The number of aliphatic imine (C=N–C) groups is 1. The smallest absolute Gasteiger partial charge is 0.258 e. The van der Waals surface area contributed by atoms with Crippen LogP contribution in [0.4, 0.5) is 0 Å². The molecule has 2 aromatic rings. The zero-order valence-corrected chi connectivity index (χ0v) is 15.8. The summed E-state index contributed by atoms with van der Waals surface area (Å²) in [6, 6.07) is 11.7. The number of ether oxygens (including phenoxy) is 3. The summed E-state index contributed by atoms with van der Waals surface area (Å²) in [6.45, 7) is 0. The third-order valence-electron chi connectivity index (χ3n) is 4.27. The van der Waals surface area contributed by atoms with E-state index in [-0.39, 0.29) is 18.3 Å². The van der Waals surface area contributed by atoms with Gasteiger partial charge in [0.05, 0.1) is 33.8 Å². The first-order valence-corrected chi connectivity index (χ1v) is 8.58. The first-order valence-electron chi connectivity index (χ1n) is 8.58. The van der Waals surface area contributed by atoms with Crippen LogP contribution >= 0.6 is 0 Å². The van der Waals surface area contributed by atoms with Gasteiger partial charge in [-0.2, -0.15) is 0 Å². The number of benzene rings is 2. The summed E-state index contributed by atoms with van der Waals surface area (Å²) in [5.74, 6) is 1.11. The normalized spacial score (nSPS) is 15.9. The summed E-state index contributed by atoms with van der Waals surface area (Å²) in [5, 5.41) is 5.22. The summed E-state index contributed by atoms with van der Waals surface area (Å²) in [5.41, 5.74) is 1.17. The van der Waals surface area contributed by atoms with E-state index in [1.54, 1.807) is 37.4 Å². The van der Waals surface area contributed by atoms with Crippen LogP contribution in [0.2, 0.25) is 0 Å². The molecule has 1 aliphatic rings. The summed E-state index contributed by atoms with van der Waals surface area (Å²) < 4.78 is 15.5. The third-order valence-corrected chi connectivity index (χ3v) is 4.27. The van der Waals surface area contributed by atoms with Crippen LogP contribution in [0.3, 0.4) is 0 Å². The van der Waals surface area contributed by atoms with Crippen molar-refractivity contribution >= 4 is 17.8 Å². The van der Waals surface area contributed by atoms with Gasteiger partial charge >= 0.3 is 0 Å². The molecular formula is C20H21N3O5. The molecule has 1 heterocycles. The van der Waals surface area contributed by atoms with Crippen LogP contribution in [0.1, 0.15) is 28.4 Å². The van der Waals surface area contributed by atoms with Gasteiger partial charge in [-0.3, -0.25) is 20.2 Å². The molecule has 8 heteroatoms. The summed E-state index contributed by atoms with van der Waals surface area (Å²) in [4.78, 5) is 29.2. The van der Waals surface area contributed by atoms with Crippen LogP contribution in [0.15, 0.2) is 47.5 Å². The van der Waals surface area contributed by atoms with Crippen molar-refractivity contribution in [3.05, 3.63) is 53.6 Å². The minimum absolute atomic E-state index is 0.101. The molecule has 0 bridgehead atoms. The van der Waals surface area contributed by atoms with E-state index in [9.17, 15) is 9.59 Å². The third kappa shape index (κ3) is 4.40. The molecular weight excluding hydrogens is 362 g/mol. The molecule has 0 fully saturated rings. The van der Waals surface area contributed by atoms with Gasteiger partial charge in [0.15, 0.2) is 0 Å². The topological polar surface area (TPSA) is 98.3 Å². The molecule has 0 unspecified atom stereocenters. The Morgan fingerprint density at radius 3 is 2.18 bits per heavy atom. The van der Waals surface area contributed by atoms with Gasteiger partial charge in [0.25, 0.3) is 5.91 Å². The van der Waals surface area contributed by atoms with E-state index in [0.29, 0.717) is 22.8 Å². The molecule has 2 amide bonds. The first kappa shape index (κ1) is 19.2. The molecule has 1 atom stereocenters. The molecule has 0 saturated heterocycles. The Morgan fingerprint density at radius 1 is 1.00 bits per heavy atom. The van der Waals surface area contributed by atoms with Crippen LogP contribution in [-0.2, 0) is 4.79 Å². The van der Waals surface area contributed by atoms with Crippen molar-refractivity contribution in [3.63, 3.8) is 0 Å². The molecule has 1 aliphatic heterocycles. The van der Waals surface area contributed by atoms with E-state index in [4.69, 9.17) is 14.2 Å². The SMILES string of the molecule is COc1ccc([C@@H]2CC(=O)NC(NC(=O)c3cc(OC)cc(OC)c3)=N2)cc1. The van der Waals surface area contributed by atoms with Gasteiger partial charge in [-0.1, -0.05) is 12.1 Å². The lowest BCUT2D eigenvalue weighted by molar-refractivity contribution is -0.120. The second-order valence-electron chi connectivity index (χ2n) is 6.07. The predicted octanol–water partition coefficient (Wildman–Crippen LogP) is 2.06. The largest absolute Gasteiger partial charge is 0.497 e. The van der Waals surface area contributed by atoms with Gasteiger partial charge in [-0.25, -0.2) is 4.99 Å². The van der Waals surface area contributed by atoms with Crippen molar-refractivity contribution in [2.75, 3.05) is 21.3 Å². The second kappa shape index (κ2) is 8.43. The van der Waals surface area contributed by atoms with Crippen LogP contribution in [0.25, 0.3) is 0 Å². The van der Waals surface area contributed by atoms with Crippen molar-refractivity contribution in [2.24, 2.45) is 4.99 Å². The van der Waals surface area contributed by atoms with E-state index in [1.807, 2.05) is 12.1 Å². The quantitative estimate of drug-likeness (QED) is 0.824. The fraction of sp³-hybridized carbons (Fsp3) is 0.250. The van der Waals surface area contributed by atoms with E-state index in [0.717, 1.165) is 5.56 Å². The Bertz CT molecular complexity index is 886. The van der Waals surface area contributed by atoms with Gasteiger partial charge in [-0.15, -0.1) is 0 Å². The highest BCUT2D eigenvalue weighted by Gasteiger charge is 2.24. The number of guanidine groups is 1. The van der Waals surface area contributed by atoms with E-state index in [1.165, 1.54) is 14.2 Å². The summed E-state index contributed by atoms with van der Waals surface area (Å²) >= 11 is 0. The highest BCUT2D eigenvalue weighted by molar-refractivity contribution is 6.10. The highest BCUT2D eigenvalue weighted by Crippen LogP contribution is 2.26. The average Bonchev–Trinajstić information content (AvgIpc) is 2.72. The van der Waals surface area contributed by atoms with Crippen molar-refractivity contribution in [2.45, 2.75) is 12.5 Å². The van der Waals surface area contributed by atoms with Crippen LogP contribution in [0.5, 0.6) is 17.2 Å². The van der Waals surface area contributed by atoms with Crippen molar-refractivity contribution in [1.82, 2.24) is 10.6 Å². The van der Waals surface area contributed by atoms with E-state index < -0.39 is 11.9 Å². The average molecular weight is 383 g/mol. The van der Waals surface area contributed by atoms with Crippen molar-refractivity contribution in [3.8, 4) is 17.2 Å². The number of hydrogen-bond acceptors (Lipinski definition) is 6. The van der Waals surface area contributed by atoms with Gasteiger partial charge < -0.3 is 14.2 Å². The van der Waals surface area contributed by atoms with Gasteiger partial charge in [0, 0.05) is 11.6 Å². The number of carbonyl (C=O) groups is 2. The lowest BCUT2D eigenvalue weighted by atomic mass is 10.0. The van der Waals surface area contributed by atoms with Crippen LogP contribution in [-0.4, -0.2) is 39.1 Å². The molecule has 0 aromatic heterocycles. The maximum absolute atomic E-state index is 12.6. The van der Waals surface area contributed by atoms with Crippen molar-refractivity contribution < 1.29 is 23.8 Å². The zero-order valence-electron chi connectivity index (χ0n) is 15.8. The number of amides is 2. The van der Waals surface area contributed by atoms with Crippen LogP contribution in [0, 0.1) is 0 Å². The molecule has 0 aliphatic carbocycles. The van der Waals surface area contributed by atoms with E-state index in [2.05, 4.69) is 15.6 Å². The van der Waals surface area contributed by atoms with Gasteiger partial charge in [-0.05, 0) is 29.8 Å². The lowest BCUT2D eigenvalue weighted by Crippen LogP contribution is -2.47. The molecule has 28 heavy (non-hydrogen) atoms. The van der Waals surface area contributed by atoms with Gasteiger partial charge in [0.1, 0.15) is 17.2 Å². The summed E-state index contributed by atoms with van der Waals surface area (Å²) in [6.07, 6.45) is 0.193. The number of rotatable bonds is 5. The molecule has 2 N–H and O–H groups in total. The molecule has 0 saturated carbocycles. The number of methoxy groups -OCH3 is 3. The Kier molecular flexibility index (Phi) is 5.78. The monoisotopic (exact) mass is 383 g/mol. The Labute approximate surface area is 162 Å². The predicted molar refractivity (Wildman–Crippen MR) is 103 cm³/mol. The molecule has 2 aromatic carbocycles. The maximum Gasteiger partial charge on any atom is 0.258 e. The standard InChI is InChI=1S/C20H21N3O5/c1-26-14-6-4-12(5-7-14)17-11-18(24)22-20(21-17)23-19(25)13-8-15(27-2)10-16(9-13)28-3/h4-10,17H,11H2,1-3H3,(H2,21,22,23,24,25)/t17-/m0/s1. The van der Waals surface area contributed by atoms with Gasteiger partial charge in [0.2, 0.25) is 11.9 Å². The number of nitrogens with zero attached hydrogens (tertiary/aromatic N) is 1.